The van der Waals surface area contributed by atoms with Crippen molar-refractivity contribution in [1.29, 1.82) is 0 Å². The average Bonchev–Trinajstić information content (AvgIpc) is 3.33. The largest absolute Gasteiger partial charge is 0.495 e. The number of ether oxygens (including phenoxy) is 2. The molecule has 1 atom stereocenters. The monoisotopic (exact) mass is 485 g/mol. The summed E-state index contributed by atoms with van der Waals surface area (Å²) in [5.41, 5.74) is 2.05. The smallest absolute Gasteiger partial charge is 0.225 e. The molecule has 0 saturated carbocycles. The summed E-state index contributed by atoms with van der Waals surface area (Å²) in [6.07, 6.45) is 3.47. The van der Waals surface area contributed by atoms with E-state index in [2.05, 4.69) is 4.98 Å². The van der Waals surface area contributed by atoms with Crippen molar-refractivity contribution in [2.45, 2.75) is 5.60 Å². The lowest BCUT2D eigenvalue weighted by atomic mass is 9.84. The predicted octanol–water partition coefficient (Wildman–Crippen LogP) is 5.59. The predicted molar refractivity (Wildman–Crippen MR) is 137 cm³/mol. The third kappa shape index (κ3) is 3.81. The maximum absolute atomic E-state index is 12.3. The molecule has 6 nitrogen and oxygen atoms in total. The fourth-order valence-electron chi connectivity index (χ4n) is 4.49. The second-order valence-corrected chi connectivity index (χ2v) is 8.64. The Bertz CT molecular complexity index is 1500. The summed E-state index contributed by atoms with van der Waals surface area (Å²) in [6, 6.07) is 22.5. The number of nitrogens with zero attached hydrogens (tertiary/aromatic N) is 3. The molecule has 0 amide bonds. The summed E-state index contributed by atoms with van der Waals surface area (Å²) in [6.45, 7) is 0. The number of halogens is 1. The molecule has 2 heterocycles. The van der Waals surface area contributed by atoms with E-state index in [0.29, 0.717) is 39.1 Å². The number of hydrogen-bond acceptors (Lipinski definition) is 5. The Balaban J connectivity index is 1.81. The minimum Gasteiger partial charge on any atom is -0.495 e. The van der Waals surface area contributed by atoms with Gasteiger partial charge in [0.1, 0.15) is 11.6 Å². The zero-order chi connectivity index (χ0) is 24.6. The molecule has 7 heteroatoms. The molecule has 0 aliphatic carbocycles. The quantitative estimate of drug-likeness (QED) is 0.339. The molecule has 0 radical (unpaired) electrons. The summed E-state index contributed by atoms with van der Waals surface area (Å²) in [5, 5.41) is 13.6. The van der Waals surface area contributed by atoms with Crippen LogP contribution in [-0.2, 0) is 12.6 Å². The molecular weight excluding hydrogens is 462 g/mol. The van der Waals surface area contributed by atoms with Crippen LogP contribution in [0.2, 0.25) is 5.02 Å². The van der Waals surface area contributed by atoms with E-state index in [-0.39, 0.29) is 0 Å². The number of aryl methyl sites for hydroxylation is 1. The van der Waals surface area contributed by atoms with Crippen molar-refractivity contribution in [1.82, 2.24) is 14.5 Å². The Morgan fingerprint density at radius 1 is 0.914 bits per heavy atom. The first kappa shape index (κ1) is 22.9. The Hall–Kier alpha value is -3.87. The molecule has 0 aliphatic rings. The summed E-state index contributed by atoms with van der Waals surface area (Å²) in [7, 11) is 5.07. The molecular formula is C28H24ClN3O3. The van der Waals surface area contributed by atoms with E-state index in [9.17, 15) is 5.11 Å². The van der Waals surface area contributed by atoms with Crippen molar-refractivity contribution < 1.29 is 14.6 Å². The minimum absolute atomic E-state index is 0.463. The summed E-state index contributed by atoms with van der Waals surface area (Å²) < 4.78 is 13.4. The van der Waals surface area contributed by atoms with E-state index in [1.165, 1.54) is 0 Å². The molecule has 2 aromatic heterocycles. The van der Waals surface area contributed by atoms with E-state index in [0.717, 1.165) is 16.5 Å². The maximum Gasteiger partial charge on any atom is 0.225 e. The van der Waals surface area contributed by atoms with E-state index in [1.54, 1.807) is 55.4 Å². The number of imidazole rings is 1. The van der Waals surface area contributed by atoms with Gasteiger partial charge in [0.25, 0.3) is 0 Å². The SMILES string of the molecule is COc1nc2ccc(C(O)(c3ccc(Cl)cc3)c3nccn3C)cc2c(OC)c1-c1ccccc1. The third-order valence-electron chi connectivity index (χ3n) is 6.19. The first-order valence-electron chi connectivity index (χ1n) is 11.0. The second-order valence-electron chi connectivity index (χ2n) is 8.21. The number of hydrogen-bond donors (Lipinski definition) is 1. The summed E-state index contributed by atoms with van der Waals surface area (Å²) >= 11 is 6.15. The van der Waals surface area contributed by atoms with Gasteiger partial charge in [-0.1, -0.05) is 60.1 Å². The molecule has 0 fully saturated rings. The van der Waals surface area contributed by atoms with E-state index in [4.69, 9.17) is 26.1 Å². The normalized spacial score (nSPS) is 12.9. The van der Waals surface area contributed by atoms with Gasteiger partial charge in [0, 0.05) is 29.9 Å². The van der Waals surface area contributed by atoms with Crippen LogP contribution >= 0.6 is 11.6 Å². The van der Waals surface area contributed by atoms with Crippen molar-refractivity contribution in [3.8, 4) is 22.8 Å². The van der Waals surface area contributed by atoms with Gasteiger partial charge in [-0.25, -0.2) is 9.97 Å². The van der Waals surface area contributed by atoms with Gasteiger partial charge in [-0.05, 0) is 41.0 Å². The molecule has 1 unspecified atom stereocenters. The number of benzene rings is 3. The average molecular weight is 486 g/mol. The molecule has 1 N–H and O–H groups in total. The Labute approximate surface area is 208 Å². The van der Waals surface area contributed by atoms with Crippen molar-refractivity contribution in [3.63, 3.8) is 0 Å². The van der Waals surface area contributed by atoms with Crippen LogP contribution in [-0.4, -0.2) is 33.9 Å². The van der Waals surface area contributed by atoms with Crippen LogP contribution in [0.3, 0.4) is 0 Å². The fourth-order valence-corrected chi connectivity index (χ4v) is 4.61. The highest BCUT2D eigenvalue weighted by atomic mass is 35.5. The first-order chi connectivity index (χ1) is 17.0. The highest BCUT2D eigenvalue weighted by Gasteiger charge is 2.38. The van der Waals surface area contributed by atoms with Crippen LogP contribution in [0.25, 0.3) is 22.0 Å². The molecule has 5 rings (SSSR count). The third-order valence-corrected chi connectivity index (χ3v) is 6.44. The lowest BCUT2D eigenvalue weighted by Crippen LogP contribution is -2.32. The molecule has 0 saturated heterocycles. The van der Waals surface area contributed by atoms with E-state index >= 15 is 0 Å². The van der Waals surface area contributed by atoms with Crippen LogP contribution in [0.5, 0.6) is 11.6 Å². The van der Waals surface area contributed by atoms with Gasteiger partial charge < -0.3 is 19.1 Å². The highest BCUT2D eigenvalue weighted by Crippen LogP contribution is 2.44. The number of pyridine rings is 1. The lowest BCUT2D eigenvalue weighted by Gasteiger charge is -2.29. The van der Waals surface area contributed by atoms with Crippen LogP contribution in [0.15, 0.2) is 85.2 Å². The van der Waals surface area contributed by atoms with E-state index in [1.807, 2.05) is 55.6 Å². The van der Waals surface area contributed by atoms with Crippen LogP contribution < -0.4 is 9.47 Å². The molecule has 5 aromatic rings. The maximum atomic E-state index is 12.3. The highest BCUT2D eigenvalue weighted by molar-refractivity contribution is 6.30. The Morgan fingerprint density at radius 3 is 2.26 bits per heavy atom. The van der Waals surface area contributed by atoms with Gasteiger partial charge in [-0.2, -0.15) is 0 Å². The zero-order valence-corrected chi connectivity index (χ0v) is 20.3. The molecule has 0 bridgehead atoms. The van der Waals surface area contributed by atoms with Gasteiger partial charge in [0.05, 0.1) is 25.3 Å². The van der Waals surface area contributed by atoms with Crippen LogP contribution in [0.4, 0.5) is 0 Å². The molecule has 176 valence electrons. The molecule has 3 aromatic carbocycles. The summed E-state index contributed by atoms with van der Waals surface area (Å²) in [4.78, 5) is 9.24. The number of rotatable bonds is 6. The van der Waals surface area contributed by atoms with Gasteiger partial charge in [0.2, 0.25) is 5.88 Å². The van der Waals surface area contributed by atoms with Gasteiger partial charge in [-0.3, -0.25) is 0 Å². The van der Waals surface area contributed by atoms with Gasteiger partial charge in [0.15, 0.2) is 5.60 Å². The van der Waals surface area contributed by atoms with Gasteiger partial charge >= 0.3 is 0 Å². The standard InChI is InChI=1S/C28H24ClN3O3/c1-32-16-15-30-27(32)28(33,19-9-12-21(29)13-10-19)20-11-14-23-22(17-20)25(34-2)24(26(31-23)35-3)18-7-5-4-6-8-18/h4-17,33H,1-3H3. The van der Waals surface area contributed by atoms with Crippen molar-refractivity contribution in [2.24, 2.45) is 7.05 Å². The second kappa shape index (κ2) is 9.06. The van der Waals surface area contributed by atoms with Crippen LogP contribution in [0, 0.1) is 0 Å². The molecule has 0 aliphatic heterocycles. The Morgan fingerprint density at radius 2 is 1.63 bits per heavy atom. The number of aromatic nitrogens is 3. The number of aliphatic hydroxyl groups is 1. The zero-order valence-electron chi connectivity index (χ0n) is 19.6. The molecule has 0 spiro atoms. The fraction of sp³-hybridized carbons (Fsp3) is 0.143. The topological polar surface area (TPSA) is 69.4 Å². The van der Waals surface area contributed by atoms with Crippen molar-refractivity contribution in [3.05, 3.63) is 107 Å². The summed E-state index contributed by atoms with van der Waals surface area (Å²) in [5.74, 6) is 1.55. The number of fused-ring (bicyclic) bond motifs is 1. The minimum atomic E-state index is -1.55. The van der Waals surface area contributed by atoms with Crippen LogP contribution in [0.1, 0.15) is 17.0 Å². The molecule has 35 heavy (non-hydrogen) atoms. The first-order valence-corrected chi connectivity index (χ1v) is 11.4. The number of methoxy groups -OCH3 is 2. The van der Waals surface area contributed by atoms with Crippen molar-refractivity contribution in [2.75, 3.05) is 14.2 Å². The van der Waals surface area contributed by atoms with Crippen molar-refractivity contribution >= 4 is 22.5 Å². The lowest BCUT2D eigenvalue weighted by molar-refractivity contribution is 0.112. The Kier molecular flexibility index (Phi) is 5.93. The van der Waals surface area contributed by atoms with E-state index < -0.39 is 5.60 Å². The van der Waals surface area contributed by atoms with Gasteiger partial charge in [-0.15, -0.1) is 0 Å².